The lowest BCUT2D eigenvalue weighted by Gasteiger charge is -2.34. The first-order valence-electron chi connectivity index (χ1n) is 11.6. The molecule has 5 heteroatoms. The van der Waals surface area contributed by atoms with Crippen molar-refractivity contribution in [2.24, 2.45) is 10.9 Å². The number of guanidine groups is 1. The van der Waals surface area contributed by atoms with Crippen LogP contribution in [0.5, 0.6) is 0 Å². The second kappa shape index (κ2) is 10.5. The van der Waals surface area contributed by atoms with Crippen molar-refractivity contribution in [3.05, 3.63) is 71.3 Å². The fourth-order valence-corrected chi connectivity index (χ4v) is 4.76. The van der Waals surface area contributed by atoms with E-state index >= 15 is 0 Å². The van der Waals surface area contributed by atoms with Gasteiger partial charge >= 0.3 is 0 Å². The maximum atomic E-state index is 12.0. The van der Waals surface area contributed by atoms with E-state index in [0.717, 1.165) is 44.5 Å². The molecule has 2 saturated heterocycles. The second-order valence-corrected chi connectivity index (χ2v) is 8.71. The third-order valence-electron chi connectivity index (χ3n) is 6.58. The van der Waals surface area contributed by atoms with Gasteiger partial charge < -0.3 is 15.1 Å². The lowest BCUT2D eigenvalue weighted by Crippen LogP contribution is -2.45. The standard InChI is InChI=1S/C26H34N4O/c1-27-26(29-16-13-22(14-17-29)18-21-8-3-2-4-9-21)28-19-23-10-5-6-11-24(23)20-30-15-7-12-25(30)31/h2-6,8-11,22H,7,12-20H2,1H3,(H,27,28). The zero-order valence-electron chi connectivity index (χ0n) is 18.6. The summed E-state index contributed by atoms with van der Waals surface area (Å²) in [7, 11) is 1.87. The number of rotatable bonds is 6. The Labute approximate surface area is 186 Å². The van der Waals surface area contributed by atoms with Crippen LogP contribution in [0.1, 0.15) is 42.4 Å². The number of amides is 1. The zero-order chi connectivity index (χ0) is 21.5. The van der Waals surface area contributed by atoms with Gasteiger partial charge in [0.15, 0.2) is 5.96 Å². The Morgan fingerprint density at radius 1 is 1.00 bits per heavy atom. The molecule has 0 aliphatic carbocycles. The van der Waals surface area contributed by atoms with Crippen LogP contribution in [-0.2, 0) is 24.3 Å². The summed E-state index contributed by atoms with van der Waals surface area (Å²) in [5.74, 6) is 2.00. The number of nitrogens with one attached hydrogen (secondary N) is 1. The molecular weight excluding hydrogens is 384 g/mol. The van der Waals surface area contributed by atoms with Gasteiger partial charge in [0.2, 0.25) is 5.91 Å². The molecule has 0 saturated carbocycles. The Bertz CT molecular complexity index is 887. The smallest absolute Gasteiger partial charge is 0.222 e. The molecule has 4 rings (SSSR count). The third-order valence-corrected chi connectivity index (χ3v) is 6.58. The van der Waals surface area contributed by atoms with Crippen molar-refractivity contribution in [2.75, 3.05) is 26.7 Å². The minimum absolute atomic E-state index is 0.275. The summed E-state index contributed by atoms with van der Waals surface area (Å²) in [5, 5.41) is 3.57. The molecule has 2 fully saturated rings. The topological polar surface area (TPSA) is 47.9 Å². The van der Waals surface area contributed by atoms with Crippen LogP contribution >= 0.6 is 0 Å². The van der Waals surface area contributed by atoms with Crippen molar-refractivity contribution in [1.29, 1.82) is 0 Å². The summed E-state index contributed by atoms with van der Waals surface area (Å²) in [4.78, 5) is 20.9. The molecule has 0 aromatic heterocycles. The summed E-state index contributed by atoms with van der Waals surface area (Å²) in [5.41, 5.74) is 3.90. The van der Waals surface area contributed by atoms with E-state index in [-0.39, 0.29) is 5.91 Å². The number of carbonyl (C=O) groups is 1. The summed E-state index contributed by atoms with van der Waals surface area (Å²) >= 11 is 0. The lowest BCUT2D eigenvalue weighted by molar-refractivity contribution is -0.128. The maximum absolute atomic E-state index is 12.0. The summed E-state index contributed by atoms with van der Waals surface area (Å²) in [6.45, 7) is 4.40. The zero-order valence-corrected chi connectivity index (χ0v) is 18.6. The van der Waals surface area contributed by atoms with Crippen LogP contribution in [0.15, 0.2) is 59.6 Å². The largest absolute Gasteiger partial charge is 0.352 e. The van der Waals surface area contributed by atoms with Crippen LogP contribution in [-0.4, -0.2) is 48.3 Å². The molecule has 0 radical (unpaired) electrons. The highest BCUT2D eigenvalue weighted by Gasteiger charge is 2.23. The molecule has 1 N–H and O–H groups in total. The lowest BCUT2D eigenvalue weighted by atomic mass is 9.90. The number of carbonyl (C=O) groups excluding carboxylic acids is 1. The van der Waals surface area contributed by atoms with Crippen LogP contribution in [0, 0.1) is 5.92 Å². The summed E-state index contributed by atoms with van der Waals surface area (Å²) in [6, 6.07) is 19.3. The maximum Gasteiger partial charge on any atom is 0.222 e. The van der Waals surface area contributed by atoms with Crippen molar-refractivity contribution < 1.29 is 4.79 Å². The second-order valence-electron chi connectivity index (χ2n) is 8.71. The third kappa shape index (κ3) is 5.66. The van der Waals surface area contributed by atoms with Crippen LogP contribution < -0.4 is 5.32 Å². The Balaban J connectivity index is 1.30. The van der Waals surface area contributed by atoms with Gasteiger partial charge in [-0.3, -0.25) is 9.79 Å². The van der Waals surface area contributed by atoms with E-state index in [1.165, 1.54) is 36.0 Å². The van der Waals surface area contributed by atoms with Crippen LogP contribution in [0.2, 0.25) is 0 Å². The molecule has 0 unspecified atom stereocenters. The fraction of sp³-hybridized carbons (Fsp3) is 0.462. The van der Waals surface area contributed by atoms with E-state index in [1.54, 1.807) is 0 Å². The van der Waals surface area contributed by atoms with Gasteiger partial charge in [0, 0.05) is 46.2 Å². The quantitative estimate of drug-likeness (QED) is 0.573. The van der Waals surface area contributed by atoms with Gasteiger partial charge in [-0.05, 0) is 48.3 Å². The summed E-state index contributed by atoms with van der Waals surface area (Å²) < 4.78 is 0. The Kier molecular flexibility index (Phi) is 7.23. The number of aliphatic imine (C=N–C) groups is 1. The molecule has 2 aliphatic heterocycles. The van der Waals surface area contributed by atoms with E-state index in [4.69, 9.17) is 0 Å². The molecule has 0 spiro atoms. The van der Waals surface area contributed by atoms with Gasteiger partial charge in [-0.25, -0.2) is 0 Å². The van der Waals surface area contributed by atoms with E-state index < -0.39 is 0 Å². The van der Waals surface area contributed by atoms with E-state index in [0.29, 0.717) is 13.0 Å². The van der Waals surface area contributed by atoms with Crippen LogP contribution in [0.3, 0.4) is 0 Å². The molecule has 2 heterocycles. The van der Waals surface area contributed by atoms with Crippen molar-refractivity contribution in [3.8, 4) is 0 Å². The van der Waals surface area contributed by atoms with Gasteiger partial charge in [-0.1, -0.05) is 54.6 Å². The minimum atomic E-state index is 0.275. The molecule has 164 valence electrons. The molecular formula is C26H34N4O. The molecule has 2 aromatic rings. The average Bonchev–Trinajstić information content (AvgIpc) is 3.21. The molecule has 2 aliphatic rings. The SMILES string of the molecule is CN=C(NCc1ccccc1CN1CCCC1=O)N1CCC(Cc2ccccc2)CC1. The normalized spacial score (nSPS) is 18.0. The number of nitrogens with zero attached hydrogens (tertiary/aromatic N) is 3. The Morgan fingerprint density at radius 3 is 2.39 bits per heavy atom. The molecule has 0 bridgehead atoms. The molecule has 1 amide bonds. The number of likely N-dealkylation sites (tertiary alicyclic amines) is 2. The van der Waals surface area contributed by atoms with E-state index in [2.05, 4.69) is 69.8 Å². The molecule has 31 heavy (non-hydrogen) atoms. The van der Waals surface area contributed by atoms with Gasteiger partial charge in [-0.15, -0.1) is 0 Å². The first kappa shape index (κ1) is 21.4. The Morgan fingerprint density at radius 2 is 1.71 bits per heavy atom. The first-order chi connectivity index (χ1) is 15.2. The number of piperidine rings is 1. The molecule has 2 aromatic carbocycles. The van der Waals surface area contributed by atoms with E-state index in [9.17, 15) is 4.79 Å². The number of hydrogen-bond acceptors (Lipinski definition) is 2. The number of hydrogen-bond donors (Lipinski definition) is 1. The Hall–Kier alpha value is -2.82. The van der Waals surface area contributed by atoms with Gasteiger partial charge in [0.05, 0.1) is 0 Å². The highest BCUT2D eigenvalue weighted by molar-refractivity contribution is 5.80. The predicted molar refractivity (Wildman–Crippen MR) is 126 cm³/mol. The minimum Gasteiger partial charge on any atom is -0.352 e. The van der Waals surface area contributed by atoms with Gasteiger partial charge in [-0.2, -0.15) is 0 Å². The van der Waals surface area contributed by atoms with E-state index in [1.807, 2.05) is 11.9 Å². The van der Waals surface area contributed by atoms with Gasteiger partial charge in [0.1, 0.15) is 0 Å². The van der Waals surface area contributed by atoms with Crippen LogP contribution in [0.25, 0.3) is 0 Å². The average molecular weight is 419 g/mol. The molecule has 0 atom stereocenters. The fourth-order valence-electron chi connectivity index (χ4n) is 4.76. The van der Waals surface area contributed by atoms with Crippen molar-refractivity contribution >= 4 is 11.9 Å². The highest BCUT2D eigenvalue weighted by atomic mass is 16.2. The summed E-state index contributed by atoms with van der Waals surface area (Å²) in [6.07, 6.45) is 5.23. The van der Waals surface area contributed by atoms with Crippen molar-refractivity contribution in [1.82, 2.24) is 15.1 Å². The van der Waals surface area contributed by atoms with Gasteiger partial charge in [0.25, 0.3) is 0 Å². The highest BCUT2D eigenvalue weighted by Crippen LogP contribution is 2.22. The molecule has 5 nitrogen and oxygen atoms in total. The number of benzene rings is 2. The monoisotopic (exact) mass is 418 g/mol. The van der Waals surface area contributed by atoms with Crippen molar-refractivity contribution in [2.45, 2.75) is 45.2 Å². The predicted octanol–water partition coefficient (Wildman–Crippen LogP) is 3.84. The van der Waals surface area contributed by atoms with Crippen molar-refractivity contribution in [3.63, 3.8) is 0 Å². The van der Waals surface area contributed by atoms with Crippen LogP contribution in [0.4, 0.5) is 0 Å². The first-order valence-corrected chi connectivity index (χ1v) is 11.6.